The number of carbonyl (C=O) groups is 3. The van der Waals surface area contributed by atoms with Gasteiger partial charge in [-0.3, -0.25) is 19.3 Å². The number of carbonyl (C=O) groups excluding carboxylic acids is 3. The molecule has 1 unspecified atom stereocenters. The zero-order valence-corrected chi connectivity index (χ0v) is 15.9. The van der Waals surface area contributed by atoms with Gasteiger partial charge in [0.1, 0.15) is 6.10 Å². The minimum Gasteiger partial charge on any atom is -0.370 e. The average molecular weight is 399 g/mol. The smallest absolute Gasteiger partial charge is 0.261 e. The molecule has 2 heterocycles. The average Bonchev–Trinajstić information content (AvgIpc) is 2.97. The van der Waals surface area contributed by atoms with Gasteiger partial charge in [-0.15, -0.1) is 0 Å². The van der Waals surface area contributed by atoms with Crippen molar-refractivity contribution in [2.45, 2.75) is 12.5 Å². The molecular weight excluding hydrogens is 380 g/mol. The van der Waals surface area contributed by atoms with Crippen LogP contribution in [-0.2, 0) is 9.53 Å². The molecule has 7 heteroatoms. The van der Waals surface area contributed by atoms with Crippen molar-refractivity contribution in [3.8, 4) is 0 Å². The Balaban J connectivity index is 1.39. The fourth-order valence-corrected chi connectivity index (χ4v) is 3.87. The molecule has 28 heavy (non-hydrogen) atoms. The van der Waals surface area contributed by atoms with E-state index in [0.29, 0.717) is 35.8 Å². The first kappa shape index (κ1) is 18.7. The van der Waals surface area contributed by atoms with Gasteiger partial charge in [-0.2, -0.15) is 0 Å². The van der Waals surface area contributed by atoms with Gasteiger partial charge in [0.15, 0.2) is 0 Å². The molecule has 0 bridgehead atoms. The Morgan fingerprint density at radius 3 is 2.36 bits per heavy atom. The summed E-state index contributed by atoms with van der Waals surface area (Å²) in [6, 6.07) is 14.1. The predicted molar refractivity (Wildman–Crippen MR) is 103 cm³/mol. The van der Waals surface area contributed by atoms with Crippen molar-refractivity contribution in [1.29, 1.82) is 0 Å². The summed E-state index contributed by atoms with van der Waals surface area (Å²) in [4.78, 5) is 40.4. The lowest BCUT2D eigenvalue weighted by molar-refractivity contribution is -0.139. The number of fused-ring (bicyclic) bond motifs is 1. The van der Waals surface area contributed by atoms with Crippen LogP contribution in [-0.4, -0.2) is 53.8 Å². The van der Waals surface area contributed by atoms with Crippen molar-refractivity contribution in [2.75, 3.05) is 26.2 Å². The second-order valence-corrected chi connectivity index (χ2v) is 7.19. The standard InChI is InChI=1S/C21H19ClN2O4/c22-17-8-4-3-7-16(17)18-13-23(11-12-28-18)19(25)9-10-24-20(26)14-5-1-2-6-15(14)21(24)27/h1-8,18H,9-13H2. The maximum Gasteiger partial charge on any atom is 0.261 e. The van der Waals surface area contributed by atoms with Gasteiger partial charge < -0.3 is 9.64 Å². The Bertz CT molecular complexity index is 911. The molecule has 1 saturated heterocycles. The third kappa shape index (κ3) is 3.41. The summed E-state index contributed by atoms with van der Waals surface area (Å²) in [5, 5.41) is 0.604. The summed E-state index contributed by atoms with van der Waals surface area (Å²) in [5.41, 5.74) is 1.64. The van der Waals surface area contributed by atoms with Crippen LogP contribution in [0.3, 0.4) is 0 Å². The van der Waals surface area contributed by atoms with Crippen molar-refractivity contribution in [3.63, 3.8) is 0 Å². The molecule has 6 nitrogen and oxygen atoms in total. The monoisotopic (exact) mass is 398 g/mol. The minimum atomic E-state index is -0.343. The van der Waals surface area contributed by atoms with Crippen LogP contribution < -0.4 is 0 Å². The molecule has 0 radical (unpaired) electrons. The van der Waals surface area contributed by atoms with Gasteiger partial charge in [0.25, 0.3) is 11.8 Å². The number of benzene rings is 2. The molecule has 0 spiro atoms. The van der Waals surface area contributed by atoms with Crippen LogP contribution in [0.5, 0.6) is 0 Å². The molecule has 3 amide bonds. The first-order chi connectivity index (χ1) is 13.6. The quantitative estimate of drug-likeness (QED) is 0.743. The van der Waals surface area contributed by atoms with Crippen molar-refractivity contribution in [1.82, 2.24) is 9.80 Å². The molecular formula is C21H19ClN2O4. The van der Waals surface area contributed by atoms with E-state index in [1.165, 1.54) is 0 Å². The first-order valence-electron chi connectivity index (χ1n) is 9.15. The van der Waals surface area contributed by atoms with Crippen molar-refractivity contribution in [2.24, 2.45) is 0 Å². The van der Waals surface area contributed by atoms with Gasteiger partial charge in [0, 0.05) is 30.1 Å². The summed E-state index contributed by atoms with van der Waals surface area (Å²) in [6.07, 6.45) is -0.202. The highest BCUT2D eigenvalue weighted by atomic mass is 35.5. The summed E-state index contributed by atoms with van der Waals surface area (Å²) >= 11 is 6.24. The van der Waals surface area contributed by atoms with Crippen LogP contribution in [0.1, 0.15) is 38.8 Å². The molecule has 144 valence electrons. The van der Waals surface area contributed by atoms with E-state index in [-0.39, 0.29) is 36.8 Å². The number of nitrogens with zero attached hydrogens (tertiary/aromatic N) is 2. The molecule has 0 aliphatic carbocycles. The van der Waals surface area contributed by atoms with Crippen molar-refractivity contribution < 1.29 is 19.1 Å². The maximum absolute atomic E-state index is 12.7. The molecule has 2 aromatic carbocycles. The number of hydrogen-bond acceptors (Lipinski definition) is 4. The Kier molecular flexibility index (Phi) is 5.15. The molecule has 2 aliphatic heterocycles. The molecule has 1 atom stereocenters. The van der Waals surface area contributed by atoms with E-state index in [4.69, 9.17) is 16.3 Å². The lowest BCUT2D eigenvalue weighted by atomic mass is 10.1. The third-order valence-corrected chi connectivity index (χ3v) is 5.44. The number of morpholine rings is 1. The lowest BCUT2D eigenvalue weighted by Gasteiger charge is -2.33. The number of hydrogen-bond donors (Lipinski definition) is 0. The fourth-order valence-electron chi connectivity index (χ4n) is 3.61. The third-order valence-electron chi connectivity index (χ3n) is 5.10. The number of ether oxygens (including phenoxy) is 1. The Morgan fingerprint density at radius 1 is 1.04 bits per heavy atom. The summed E-state index contributed by atoms with van der Waals surface area (Å²) in [5.74, 6) is -0.800. The summed E-state index contributed by atoms with van der Waals surface area (Å²) in [6.45, 7) is 1.35. The summed E-state index contributed by atoms with van der Waals surface area (Å²) in [7, 11) is 0. The molecule has 2 aliphatic rings. The molecule has 2 aromatic rings. The first-order valence-corrected chi connectivity index (χ1v) is 9.53. The van der Waals surface area contributed by atoms with E-state index in [2.05, 4.69) is 0 Å². The van der Waals surface area contributed by atoms with E-state index in [9.17, 15) is 14.4 Å². The van der Waals surface area contributed by atoms with Gasteiger partial charge in [-0.05, 0) is 18.2 Å². The normalized spacial score (nSPS) is 19.1. The van der Waals surface area contributed by atoms with Gasteiger partial charge in [0.05, 0.1) is 24.3 Å². The van der Waals surface area contributed by atoms with Gasteiger partial charge in [0.2, 0.25) is 5.91 Å². The minimum absolute atomic E-state index is 0.0687. The molecule has 4 rings (SSSR count). The number of rotatable bonds is 4. The van der Waals surface area contributed by atoms with E-state index in [1.54, 1.807) is 35.2 Å². The maximum atomic E-state index is 12.7. The van der Waals surface area contributed by atoms with Crippen LogP contribution in [0.4, 0.5) is 0 Å². The highest BCUT2D eigenvalue weighted by Gasteiger charge is 2.35. The zero-order chi connectivity index (χ0) is 19.7. The zero-order valence-electron chi connectivity index (χ0n) is 15.1. The Hall–Kier alpha value is -2.70. The fraction of sp³-hybridized carbons (Fsp3) is 0.286. The second-order valence-electron chi connectivity index (χ2n) is 6.78. The molecule has 0 saturated carbocycles. The van der Waals surface area contributed by atoms with E-state index < -0.39 is 0 Å². The highest BCUT2D eigenvalue weighted by molar-refractivity contribution is 6.31. The Labute approximate surface area is 167 Å². The lowest BCUT2D eigenvalue weighted by Crippen LogP contribution is -2.43. The van der Waals surface area contributed by atoms with Gasteiger partial charge in [-0.25, -0.2) is 0 Å². The topological polar surface area (TPSA) is 66.9 Å². The second kappa shape index (κ2) is 7.73. The largest absolute Gasteiger partial charge is 0.370 e. The van der Waals surface area contributed by atoms with Crippen LogP contribution >= 0.6 is 11.6 Å². The summed E-state index contributed by atoms with van der Waals surface area (Å²) < 4.78 is 5.78. The van der Waals surface area contributed by atoms with Gasteiger partial charge >= 0.3 is 0 Å². The highest BCUT2D eigenvalue weighted by Crippen LogP contribution is 2.29. The molecule has 0 aromatic heterocycles. The van der Waals surface area contributed by atoms with Crippen LogP contribution in [0.2, 0.25) is 5.02 Å². The molecule has 1 fully saturated rings. The number of halogens is 1. The van der Waals surface area contributed by atoms with E-state index >= 15 is 0 Å². The van der Waals surface area contributed by atoms with Crippen molar-refractivity contribution >= 4 is 29.3 Å². The van der Waals surface area contributed by atoms with Gasteiger partial charge in [-0.1, -0.05) is 41.9 Å². The predicted octanol–water partition coefficient (Wildman–Crippen LogP) is 2.93. The van der Waals surface area contributed by atoms with Crippen LogP contribution in [0, 0.1) is 0 Å². The van der Waals surface area contributed by atoms with Crippen LogP contribution in [0.25, 0.3) is 0 Å². The van der Waals surface area contributed by atoms with E-state index in [1.807, 2.05) is 18.2 Å². The SMILES string of the molecule is O=C(CCN1C(=O)c2ccccc2C1=O)N1CCOC(c2ccccc2Cl)C1. The Morgan fingerprint density at radius 2 is 1.68 bits per heavy atom. The van der Waals surface area contributed by atoms with Crippen LogP contribution in [0.15, 0.2) is 48.5 Å². The van der Waals surface area contributed by atoms with Crippen molar-refractivity contribution in [3.05, 3.63) is 70.2 Å². The molecule has 0 N–H and O–H groups in total. The number of amides is 3. The number of imide groups is 1. The van der Waals surface area contributed by atoms with E-state index in [0.717, 1.165) is 10.5 Å².